The summed E-state index contributed by atoms with van der Waals surface area (Å²) in [6, 6.07) is 176. The van der Waals surface area contributed by atoms with Crippen LogP contribution in [0, 0.1) is 17.8 Å². The van der Waals surface area contributed by atoms with Gasteiger partial charge in [-0.25, -0.2) is 0 Å². The van der Waals surface area contributed by atoms with Crippen LogP contribution < -0.4 is 14.5 Å². The monoisotopic (exact) mass is 1650 g/mol. The van der Waals surface area contributed by atoms with E-state index in [0.29, 0.717) is 5.41 Å². The van der Waals surface area contributed by atoms with E-state index in [-0.39, 0.29) is 0 Å². The van der Waals surface area contributed by atoms with Gasteiger partial charge in [-0.2, -0.15) is 0 Å². The van der Waals surface area contributed by atoms with Crippen molar-refractivity contribution in [2.45, 2.75) is 53.8 Å². The Bertz CT molecular complexity index is 7530. The van der Waals surface area contributed by atoms with Crippen LogP contribution in [0.5, 0.6) is 11.5 Å². The smallest absolute Gasteiger partial charge is 0.156 e. The van der Waals surface area contributed by atoms with E-state index < -0.39 is 16.2 Å². The molecule has 0 radical (unpaired) electrons. The molecule has 8 aliphatic rings. The van der Waals surface area contributed by atoms with Crippen LogP contribution in [-0.2, 0) is 21.7 Å². The minimum atomic E-state index is -0.789. The SMILES string of the molecule is c1ccc(-c2ccc(N(c3ccccc3)c3cccc4c3Oc3ccccc3C43c4ccccc4-c4cc(-c5ccc(-c6ccc(N(c7ccccc7)c7ccc(C89CC%10CC(CC8C%10)C9)cc7)c(-c7cccc8c7-c7ccccc7C8(c7ccccc7)c7ccccc7)c6)cc5)ccc43)c(-c3cccc4c3-c3ccccc3C4(c3ccccc3)c3ccccc3)c2)cc1. The summed E-state index contributed by atoms with van der Waals surface area (Å²) in [5.74, 6) is 4.18. The molecule has 0 amide bonds. The van der Waals surface area contributed by atoms with Gasteiger partial charge in [-0.1, -0.05) is 388 Å². The molecular weight excluding hydrogens is 1560 g/mol. The summed E-state index contributed by atoms with van der Waals surface area (Å²) in [7, 11) is 0. The summed E-state index contributed by atoms with van der Waals surface area (Å²) >= 11 is 0. The number of nitrogens with zero attached hydrogens (tertiary/aromatic N) is 2. The first-order valence-electron chi connectivity index (χ1n) is 46.0. The summed E-state index contributed by atoms with van der Waals surface area (Å²) in [5.41, 5.74) is 39.8. The van der Waals surface area contributed by atoms with Crippen LogP contribution in [-0.4, -0.2) is 0 Å². The zero-order valence-electron chi connectivity index (χ0n) is 71.5. The number of fused-ring (bicyclic) bond motifs is 15. The molecule has 0 saturated heterocycles. The standard InChI is InChI=1S/C126H90N2O/c1-8-33-85(34-9-1)89-67-74-117(107(79-89)102-51-31-57-114-121(102)104-49-24-27-54-110(104)125(114,94-39-14-4-15-40-94)95-41-16-5-17-42-95)128(98-45-20-7-21-46-98)118-59-32-58-115-122(118)129-119-60-29-28-55-112(119)126(115)108-52-25-22-47-100(108)105-78-88(65-72-111(105)126)86-61-63-87(64-62-86)90-66-73-116(127(97-43-18-6-19-44-97)99-70-68-91(69-71-99)123-81-83-75-84(82-123)77-96(123)76-83)106(80-90)101-50-30-56-113-120(101)103-48-23-26-53-109(103)124(113,92-35-10-2-11-36-92)93-37-12-3-13-38-93/h1-74,78-80,83-84,96H,75-77,81-82H2. The van der Waals surface area contributed by atoms with Gasteiger partial charge >= 0.3 is 0 Å². The van der Waals surface area contributed by atoms with Crippen LogP contribution in [0.2, 0.25) is 0 Å². The van der Waals surface area contributed by atoms with Crippen LogP contribution >= 0.6 is 0 Å². The molecule has 1 spiro atoms. The Kier molecular flexibility index (Phi) is 17.2. The van der Waals surface area contributed by atoms with Crippen LogP contribution in [0.3, 0.4) is 0 Å². The molecule has 610 valence electrons. The average Bonchev–Trinajstić information content (AvgIpc) is 1.55. The summed E-state index contributed by atoms with van der Waals surface area (Å²) < 4.78 is 7.73. The van der Waals surface area contributed by atoms with Gasteiger partial charge < -0.3 is 14.5 Å². The largest absolute Gasteiger partial charge is 0.454 e. The van der Waals surface area contributed by atoms with Crippen molar-refractivity contribution in [1.82, 2.24) is 0 Å². The zero-order valence-corrected chi connectivity index (χ0v) is 71.5. The minimum absolute atomic E-state index is 0.306. The van der Waals surface area contributed by atoms with Crippen molar-refractivity contribution in [3.8, 4) is 101 Å². The first kappa shape index (κ1) is 75.0. The highest BCUT2D eigenvalue weighted by Gasteiger charge is 2.59. The van der Waals surface area contributed by atoms with Gasteiger partial charge in [0.1, 0.15) is 5.75 Å². The predicted octanol–water partition coefficient (Wildman–Crippen LogP) is 32.2. The van der Waals surface area contributed by atoms with Gasteiger partial charge in [0.2, 0.25) is 0 Å². The molecule has 3 atom stereocenters. The van der Waals surface area contributed by atoms with Gasteiger partial charge in [-0.3, -0.25) is 0 Å². The van der Waals surface area contributed by atoms with Gasteiger partial charge in [-0.15, -0.1) is 0 Å². The van der Waals surface area contributed by atoms with Crippen molar-refractivity contribution in [2.75, 3.05) is 9.80 Å². The fourth-order valence-electron chi connectivity index (χ4n) is 25.6. The number of benzene rings is 19. The van der Waals surface area contributed by atoms with Crippen molar-refractivity contribution < 1.29 is 4.74 Å². The maximum absolute atomic E-state index is 7.73. The lowest BCUT2D eigenvalue weighted by molar-refractivity contribution is 0.266. The zero-order chi connectivity index (χ0) is 84.9. The molecule has 3 unspecified atom stereocenters. The highest BCUT2D eigenvalue weighted by Crippen LogP contribution is 2.69. The normalized spacial score (nSPS) is 18.2. The molecule has 0 aromatic heterocycles. The van der Waals surface area contributed by atoms with E-state index in [1.54, 1.807) is 5.56 Å². The van der Waals surface area contributed by atoms with Gasteiger partial charge in [0, 0.05) is 39.3 Å². The van der Waals surface area contributed by atoms with Gasteiger partial charge in [-0.05, 0) is 273 Å². The van der Waals surface area contributed by atoms with E-state index in [1.165, 1.54) is 132 Å². The van der Waals surface area contributed by atoms with Crippen molar-refractivity contribution >= 4 is 34.1 Å². The summed E-state index contributed by atoms with van der Waals surface area (Å²) in [6.45, 7) is 0. The molecule has 19 aromatic carbocycles. The molecule has 3 heteroatoms. The predicted molar refractivity (Wildman–Crippen MR) is 530 cm³/mol. The number of anilines is 6. The Hall–Kier alpha value is -15.4. The van der Waals surface area contributed by atoms with Crippen LogP contribution in [0.1, 0.15) is 104 Å². The molecule has 4 bridgehead atoms. The quantitative estimate of drug-likeness (QED) is 0.0959. The van der Waals surface area contributed by atoms with E-state index >= 15 is 0 Å². The lowest BCUT2D eigenvalue weighted by atomic mass is 9.66. The molecule has 27 rings (SSSR count). The van der Waals surface area contributed by atoms with Gasteiger partial charge in [0.25, 0.3) is 0 Å². The van der Waals surface area contributed by atoms with Crippen LogP contribution in [0.25, 0.3) is 89.0 Å². The van der Waals surface area contributed by atoms with Crippen molar-refractivity contribution in [2.24, 2.45) is 17.8 Å². The lowest BCUT2D eigenvalue weighted by Gasteiger charge is -2.41. The highest BCUT2D eigenvalue weighted by atomic mass is 16.5. The average molecular weight is 1650 g/mol. The van der Waals surface area contributed by atoms with E-state index in [0.717, 1.165) is 119 Å². The fourth-order valence-corrected chi connectivity index (χ4v) is 25.6. The third-order valence-electron chi connectivity index (χ3n) is 30.6. The third-order valence-corrected chi connectivity index (χ3v) is 30.6. The lowest BCUT2D eigenvalue weighted by Crippen LogP contribution is -2.32. The summed E-state index contributed by atoms with van der Waals surface area (Å²) in [5, 5.41) is 0. The first-order chi connectivity index (χ1) is 63.9. The van der Waals surface area contributed by atoms with Crippen LogP contribution in [0.15, 0.2) is 467 Å². The molecule has 0 N–H and O–H groups in total. The third kappa shape index (κ3) is 11.1. The maximum atomic E-state index is 7.73. The Morgan fingerprint density at radius 2 is 0.566 bits per heavy atom. The Labute approximate surface area is 754 Å². The van der Waals surface area contributed by atoms with Gasteiger partial charge in [0.15, 0.2) is 5.75 Å². The second-order valence-electron chi connectivity index (χ2n) is 36.8. The maximum Gasteiger partial charge on any atom is 0.156 e. The van der Waals surface area contributed by atoms with E-state index in [1.807, 2.05) is 0 Å². The Morgan fingerprint density at radius 3 is 1.08 bits per heavy atom. The molecule has 3 nitrogen and oxygen atoms in total. The molecule has 1 heterocycles. The Balaban J connectivity index is 0.620. The Morgan fingerprint density at radius 1 is 0.209 bits per heavy atom. The second kappa shape index (κ2) is 29.6. The fraction of sp³-hybridized carbons (Fsp3) is 0.0952. The minimum Gasteiger partial charge on any atom is -0.454 e. The number of rotatable bonds is 16. The first-order valence-corrected chi connectivity index (χ1v) is 46.0. The summed E-state index contributed by atoms with van der Waals surface area (Å²) in [6.07, 6.45) is 6.91. The van der Waals surface area contributed by atoms with Crippen molar-refractivity contribution in [1.29, 1.82) is 0 Å². The molecule has 4 fully saturated rings. The van der Waals surface area contributed by atoms with Crippen LogP contribution in [0.4, 0.5) is 34.1 Å². The molecule has 19 aromatic rings. The highest BCUT2D eigenvalue weighted by molar-refractivity contribution is 6.05. The van der Waals surface area contributed by atoms with Crippen molar-refractivity contribution in [3.05, 3.63) is 539 Å². The van der Waals surface area contributed by atoms with E-state index in [2.05, 4.69) is 477 Å². The molecule has 1 aliphatic heterocycles. The summed E-state index contributed by atoms with van der Waals surface area (Å²) in [4.78, 5) is 5.01. The van der Waals surface area contributed by atoms with Crippen molar-refractivity contribution in [3.63, 3.8) is 0 Å². The topological polar surface area (TPSA) is 15.7 Å². The molecular formula is C126H90N2O. The second-order valence-corrected chi connectivity index (χ2v) is 36.8. The van der Waals surface area contributed by atoms with Gasteiger partial charge in [0.05, 0.1) is 33.3 Å². The number of para-hydroxylation sites is 4. The molecule has 4 saturated carbocycles. The number of ether oxygens (including phenoxy) is 1. The van der Waals surface area contributed by atoms with E-state index in [9.17, 15) is 0 Å². The molecule has 129 heavy (non-hydrogen) atoms. The number of hydrogen-bond acceptors (Lipinski definition) is 3. The molecule has 7 aliphatic carbocycles. The van der Waals surface area contributed by atoms with E-state index in [4.69, 9.17) is 4.74 Å². The number of hydrogen-bond donors (Lipinski definition) is 0.